The van der Waals surface area contributed by atoms with Gasteiger partial charge in [-0.2, -0.15) is 0 Å². The fraction of sp³-hybridized carbons (Fsp3) is 0.0222. The molecule has 0 bridgehead atoms. The van der Waals surface area contributed by atoms with Gasteiger partial charge in [-0.15, -0.1) is 0 Å². The van der Waals surface area contributed by atoms with Crippen LogP contribution in [-0.4, -0.2) is 0 Å². The predicted octanol–water partition coefficient (Wildman–Crippen LogP) is 12.1. The van der Waals surface area contributed by atoms with Gasteiger partial charge in [-0.1, -0.05) is 145 Å². The summed E-state index contributed by atoms with van der Waals surface area (Å²) in [5, 5.41) is 5.33. The molecule has 0 radical (unpaired) electrons. The van der Waals surface area contributed by atoms with Crippen molar-refractivity contribution in [1.82, 2.24) is 0 Å². The third-order valence-corrected chi connectivity index (χ3v) is 11.8. The Bertz CT molecular complexity index is 2620. The highest BCUT2D eigenvalue weighted by Crippen LogP contribution is 2.62. The molecule has 8 aromatic carbocycles. The maximum atomic E-state index is 2.51. The maximum absolute atomic E-state index is 2.51. The topological polar surface area (TPSA) is 0 Å². The van der Waals surface area contributed by atoms with Gasteiger partial charge in [0.25, 0.3) is 0 Å². The zero-order valence-electron chi connectivity index (χ0n) is 24.9. The van der Waals surface area contributed by atoms with Crippen LogP contribution in [-0.2, 0) is 5.41 Å². The highest BCUT2D eigenvalue weighted by atomic mass is 32.2. The first kappa shape index (κ1) is 24.9. The minimum absolute atomic E-state index is 0.404. The summed E-state index contributed by atoms with van der Waals surface area (Å²) < 4.78 is 0. The van der Waals surface area contributed by atoms with E-state index >= 15 is 0 Å². The van der Waals surface area contributed by atoms with E-state index in [-0.39, 0.29) is 0 Å². The van der Waals surface area contributed by atoms with Gasteiger partial charge in [0.05, 0.1) is 5.41 Å². The number of rotatable bonds is 1. The molecule has 1 atom stereocenters. The third-order valence-electron chi connectivity index (χ3n) is 10.6. The summed E-state index contributed by atoms with van der Waals surface area (Å²) >= 11 is 1.90. The molecule has 3 aliphatic rings. The second kappa shape index (κ2) is 8.88. The highest BCUT2D eigenvalue weighted by Gasteiger charge is 2.50. The summed E-state index contributed by atoms with van der Waals surface area (Å²) in [4.78, 5) is 2.66. The molecule has 212 valence electrons. The Morgan fingerprint density at radius 2 is 0.913 bits per heavy atom. The van der Waals surface area contributed by atoms with Gasteiger partial charge in [0.2, 0.25) is 0 Å². The summed E-state index contributed by atoms with van der Waals surface area (Å²) in [5.74, 6) is 0. The highest BCUT2D eigenvalue weighted by molar-refractivity contribution is 7.99. The molecule has 0 saturated carbocycles. The minimum atomic E-state index is -0.404. The lowest BCUT2D eigenvalue weighted by molar-refractivity contribution is 0.774. The van der Waals surface area contributed by atoms with Crippen LogP contribution in [0.2, 0.25) is 0 Å². The molecule has 0 nitrogen and oxygen atoms in total. The average molecular weight is 599 g/mol. The van der Waals surface area contributed by atoms with Crippen LogP contribution in [0.4, 0.5) is 0 Å². The summed E-state index contributed by atoms with van der Waals surface area (Å²) in [6.45, 7) is 0. The summed E-state index contributed by atoms with van der Waals surface area (Å²) in [7, 11) is 0. The van der Waals surface area contributed by atoms with Gasteiger partial charge >= 0.3 is 0 Å². The number of hydrogen-bond donors (Lipinski definition) is 0. The van der Waals surface area contributed by atoms with Crippen LogP contribution in [0.15, 0.2) is 168 Å². The zero-order chi connectivity index (χ0) is 30.0. The van der Waals surface area contributed by atoms with Crippen molar-refractivity contribution >= 4 is 33.3 Å². The molecule has 1 spiro atoms. The molecule has 1 heteroatoms. The van der Waals surface area contributed by atoms with Crippen LogP contribution in [0.25, 0.3) is 66.1 Å². The second-order valence-corrected chi connectivity index (χ2v) is 13.9. The molecular weight excluding hydrogens is 573 g/mol. The fourth-order valence-electron chi connectivity index (χ4n) is 8.86. The van der Waals surface area contributed by atoms with E-state index in [0.29, 0.717) is 0 Å². The molecule has 0 aromatic heterocycles. The SMILES string of the molecule is c1ccc2c(c1)Sc1cc(-c3ccc4c(c3)C3(c5ccccc5-4)c4ccccc4-c4cccc5cccc3c45)cc3cccc-2c13. The van der Waals surface area contributed by atoms with Gasteiger partial charge in [0.1, 0.15) is 0 Å². The first-order chi connectivity index (χ1) is 22.8. The summed E-state index contributed by atoms with van der Waals surface area (Å²) in [6.07, 6.45) is 0. The largest absolute Gasteiger partial charge is 0.0888 e. The first-order valence-electron chi connectivity index (χ1n) is 16.0. The Morgan fingerprint density at radius 1 is 0.326 bits per heavy atom. The van der Waals surface area contributed by atoms with Crippen LogP contribution in [0.1, 0.15) is 22.3 Å². The lowest BCUT2D eigenvalue weighted by atomic mass is 9.61. The van der Waals surface area contributed by atoms with Gasteiger partial charge in [0.15, 0.2) is 0 Å². The van der Waals surface area contributed by atoms with Crippen LogP contribution in [0, 0.1) is 0 Å². The molecule has 46 heavy (non-hydrogen) atoms. The lowest BCUT2D eigenvalue weighted by Crippen LogP contribution is -2.31. The number of hydrogen-bond acceptors (Lipinski definition) is 1. The Balaban J connectivity index is 1.22. The van der Waals surface area contributed by atoms with Gasteiger partial charge in [-0.05, 0) is 107 Å². The summed E-state index contributed by atoms with van der Waals surface area (Å²) in [6, 6.07) is 59.6. The third kappa shape index (κ3) is 3.02. The van der Waals surface area contributed by atoms with Crippen molar-refractivity contribution in [3.63, 3.8) is 0 Å². The van der Waals surface area contributed by atoms with E-state index in [1.165, 1.54) is 98.1 Å². The van der Waals surface area contributed by atoms with Crippen molar-refractivity contribution in [1.29, 1.82) is 0 Å². The Morgan fingerprint density at radius 3 is 1.72 bits per heavy atom. The first-order valence-corrected chi connectivity index (χ1v) is 16.8. The summed E-state index contributed by atoms with van der Waals surface area (Å²) in [5.41, 5.74) is 15.6. The van der Waals surface area contributed by atoms with Gasteiger partial charge < -0.3 is 0 Å². The molecule has 1 unspecified atom stereocenters. The number of benzene rings is 8. The quantitative estimate of drug-likeness (QED) is 0.181. The lowest BCUT2D eigenvalue weighted by Gasteiger charge is -2.40. The predicted molar refractivity (Wildman–Crippen MR) is 193 cm³/mol. The van der Waals surface area contributed by atoms with Gasteiger partial charge in [0, 0.05) is 15.2 Å². The smallest absolute Gasteiger partial charge is 0.0725 e. The van der Waals surface area contributed by atoms with Crippen molar-refractivity contribution < 1.29 is 0 Å². The molecule has 1 heterocycles. The van der Waals surface area contributed by atoms with Crippen LogP contribution in [0.3, 0.4) is 0 Å². The van der Waals surface area contributed by atoms with Crippen molar-refractivity contribution in [2.24, 2.45) is 0 Å². The van der Waals surface area contributed by atoms with Crippen LogP contribution in [0.5, 0.6) is 0 Å². The van der Waals surface area contributed by atoms with Gasteiger partial charge in [-0.3, -0.25) is 0 Å². The van der Waals surface area contributed by atoms with E-state index in [1.54, 1.807) is 0 Å². The molecule has 8 aromatic rings. The molecule has 1 aliphatic heterocycles. The minimum Gasteiger partial charge on any atom is -0.0888 e. The fourth-order valence-corrected chi connectivity index (χ4v) is 10.1. The zero-order valence-corrected chi connectivity index (χ0v) is 25.7. The Kier molecular flexibility index (Phi) is 4.80. The van der Waals surface area contributed by atoms with Crippen molar-refractivity contribution in [2.75, 3.05) is 0 Å². The van der Waals surface area contributed by atoms with E-state index in [9.17, 15) is 0 Å². The molecule has 2 aliphatic carbocycles. The Labute approximate surface area is 272 Å². The van der Waals surface area contributed by atoms with Crippen LogP contribution < -0.4 is 0 Å². The van der Waals surface area contributed by atoms with E-state index in [2.05, 4.69) is 158 Å². The van der Waals surface area contributed by atoms with Crippen LogP contribution >= 0.6 is 11.8 Å². The molecule has 0 saturated heterocycles. The standard InChI is InChI=1S/C45H26S/c1-4-18-37-31(13-1)33-23-22-28(30-24-29-12-8-17-36-34-15-3-6-21-41(34)46-42(26-30)44(29)36)25-40(33)45(37)38-19-5-2-14-32(38)35-16-7-10-27-11-9-20-39(45)43(27)35/h1-26H. The van der Waals surface area contributed by atoms with E-state index in [0.717, 1.165) is 0 Å². The van der Waals surface area contributed by atoms with E-state index in [4.69, 9.17) is 0 Å². The molecule has 0 amide bonds. The molecule has 11 rings (SSSR count). The monoisotopic (exact) mass is 598 g/mol. The van der Waals surface area contributed by atoms with E-state index < -0.39 is 5.41 Å². The Hall–Kier alpha value is -5.37. The normalized spacial score (nSPS) is 16.3. The average Bonchev–Trinajstić information content (AvgIpc) is 3.41. The van der Waals surface area contributed by atoms with E-state index in [1.807, 2.05) is 11.8 Å². The molecule has 0 fully saturated rings. The molecule has 0 N–H and O–H groups in total. The maximum Gasteiger partial charge on any atom is 0.0725 e. The number of fused-ring (bicyclic) bond motifs is 11. The molecular formula is C45H26S. The van der Waals surface area contributed by atoms with Crippen molar-refractivity contribution in [3.05, 3.63) is 180 Å². The second-order valence-electron chi connectivity index (χ2n) is 12.8. The van der Waals surface area contributed by atoms with Crippen molar-refractivity contribution in [3.8, 4) is 44.5 Å². The van der Waals surface area contributed by atoms with Gasteiger partial charge in [-0.25, -0.2) is 0 Å². The van der Waals surface area contributed by atoms with Crippen molar-refractivity contribution in [2.45, 2.75) is 15.2 Å².